The molecule has 1 atom stereocenters. The molecule has 0 bridgehead atoms. The van der Waals surface area contributed by atoms with Gasteiger partial charge in [0, 0.05) is 23.7 Å². The predicted octanol–water partition coefficient (Wildman–Crippen LogP) is 3.54. The molecule has 18 heavy (non-hydrogen) atoms. The first-order valence-electron chi connectivity index (χ1n) is 6.64. The maximum atomic E-state index is 4.61. The zero-order valence-electron chi connectivity index (χ0n) is 11.9. The molecule has 3 nitrogen and oxygen atoms in total. The van der Waals surface area contributed by atoms with Crippen LogP contribution in [0.4, 0.5) is 0 Å². The highest BCUT2D eigenvalue weighted by Crippen LogP contribution is 2.20. The van der Waals surface area contributed by atoms with Crippen LogP contribution in [-0.4, -0.2) is 15.4 Å². The molecule has 2 aromatic heterocycles. The van der Waals surface area contributed by atoms with Gasteiger partial charge in [0.05, 0.1) is 11.4 Å². The van der Waals surface area contributed by atoms with E-state index >= 15 is 0 Å². The van der Waals surface area contributed by atoms with Crippen molar-refractivity contribution in [2.75, 3.05) is 0 Å². The minimum absolute atomic E-state index is 0.550. The summed E-state index contributed by atoms with van der Waals surface area (Å²) in [6, 6.07) is 0.550. The number of fused-ring (bicyclic) bond motifs is 1. The first-order chi connectivity index (χ1) is 8.49. The minimum atomic E-state index is 0.550. The summed E-state index contributed by atoms with van der Waals surface area (Å²) >= 11 is 1.72. The van der Waals surface area contributed by atoms with Gasteiger partial charge in [0.15, 0.2) is 4.96 Å². The Labute approximate surface area is 113 Å². The highest BCUT2D eigenvalue weighted by molar-refractivity contribution is 7.15. The van der Waals surface area contributed by atoms with Gasteiger partial charge in [-0.05, 0) is 33.1 Å². The Balaban J connectivity index is 2.11. The number of hydrogen-bond donors (Lipinski definition) is 1. The van der Waals surface area contributed by atoms with Crippen LogP contribution in [0.3, 0.4) is 0 Å². The Kier molecular flexibility index (Phi) is 4.07. The van der Waals surface area contributed by atoms with Crippen LogP contribution in [0.1, 0.15) is 44.3 Å². The van der Waals surface area contributed by atoms with Crippen molar-refractivity contribution in [2.24, 2.45) is 5.92 Å². The van der Waals surface area contributed by atoms with E-state index in [9.17, 15) is 0 Å². The van der Waals surface area contributed by atoms with E-state index in [0.29, 0.717) is 6.04 Å². The zero-order valence-corrected chi connectivity index (χ0v) is 12.8. The Hall–Kier alpha value is -0.870. The Morgan fingerprint density at radius 3 is 2.72 bits per heavy atom. The van der Waals surface area contributed by atoms with Gasteiger partial charge in [0.2, 0.25) is 0 Å². The number of imidazole rings is 1. The summed E-state index contributed by atoms with van der Waals surface area (Å²) in [4.78, 5) is 5.72. The lowest BCUT2D eigenvalue weighted by atomic mass is 10.1. The molecule has 2 heterocycles. The molecule has 2 rings (SSSR count). The second-order valence-electron chi connectivity index (χ2n) is 5.55. The van der Waals surface area contributed by atoms with Gasteiger partial charge in [-0.1, -0.05) is 13.8 Å². The number of aromatic nitrogens is 2. The van der Waals surface area contributed by atoms with Crippen molar-refractivity contribution < 1.29 is 0 Å². The van der Waals surface area contributed by atoms with Crippen LogP contribution in [0.2, 0.25) is 0 Å². The molecule has 1 N–H and O–H groups in total. The van der Waals surface area contributed by atoms with Crippen molar-refractivity contribution >= 4 is 16.3 Å². The van der Waals surface area contributed by atoms with Gasteiger partial charge in [0.1, 0.15) is 0 Å². The summed E-state index contributed by atoms with van der Waals surface area (Å²) in [6.07, 6.45) is 1.21. The molecule has 0 saturated carbocycles. The van der Waals surface area contributed by atoms with Gasteiger partial charge in [-0.15, -0.1) is 11.3 Å². The minimum Gasteiger partial charge on any atom is -0.309 e. The molecule has 4 heteroatoms. The molecule has 0 fully saturated rings. The molecule has 1 unspecified atom stereocenters. The second kappa shape index (κ2) is 5.41. The summed E-state index contributed by atoms with van der Waals surface area (Å²) in [5, 5.41) is 5.78. The lowest BCUT2D eigenvalue weighted by Gasteiger charge is -2.16. The maximum absolute atomic E-state index is 4.61. The van der Waals surface area contributed by atoms with Crippen LogP contribution in [0.15, 0.2) is 5.38 Å². The van der Waals surface area contributed by atoms with Gasteiger partial charge < -0.3 is 5.32 Å². The molecule has 0 amide bonds. The molecule has 0 saturated heterocycles. The average Bonchev–Trinajstić information content (AvgIpc) is 2.75. The first-order valence-corrected chi connectivity index (χ1v) is 7.52. The molecule has 0 radical (unpaired) electrons. The summed E-state index contributed by atoms with van der Waals surface area (Å²) < 4.78 is 2.27. The van der Waals surface area contributed by atoms with Gasteiger partial charge >= 0.3 is 0 Å². The van der Waals surface area contributed by atoms with Gasteiger partial charge in [-0.3, -0.25) is 4.40 Å². The van der Waals surface area contributed by atoms with E-state index in [1.54, 1.807) is 11.3 Å². The Morgan fingerprint density at radius 1 is 1.33 bits per heavy atom. The van der Waals surface area contributed by atoms with Crippen molar-refractivity contribution in [2.45, 2.75) is 53.6 Å². The van der Waals surface area contributed by atoms with E-state index in [0.717, 1.165) is 23.1 Å². The smallest absolute Gasteiger partial charge is 0.194 e. The summed E-state index contributed by atoms with van der Waals surface area (Å²) in [6.45, 7) is 11.9. The van der Waals surface area contributed by atoms with E-state index < -0.39 is 0 Å². The molecule has 0 aliphatic carbocycles. The Morgan fingerprint density at radius 2 is 2.06 bits per heavy atom. The van der Waals surface area contributed by atoms with Crippen molar-refractivity contribution in [3.63, 3.8) is 0 Å². The van der Waals surface area contributed by atoms with Crippen LogP contribution in [0.5, 0.6) is 0 Å². The first kappa shape index (κ1) is 13.6. The van der Waals surface area contributed by atoms with Gasteiger partial charge in [-0.2, -0.15) is 0 Å². The van der Waals surface area contributed by atoms with Crippen LogP contribution < -0.4 is 5.32 Å². The van der Waals surface area contributed by atoms with E-state index in [4.69, 9.17) is 0 Å². The standard InChI is InChI=1S/C14H23N3S/c1-9(2)6-10(3)15-7-13-12(5)16-14-17(13)11(4)8-18-14/h8-10,15H,6-7H2,1-5H3. The SMILES string of the molecule is Cc1nc2scc(C)n2c1CNC(C)CC(C)C. The molecule has 0 aliphatic heterocycles. The van der Waals surface area contributed by atoms with E-state index in [2.05, 4.69) is 54.7 Å². The Bertz CT molecular complexity index is 524. The number of nitrogens with zero attached hydrogens (tertiary/aromatic N) is 2. The van der Waals surface area contributed by atoms with E-state index in [-0.39, 0.29) is 0 Å². The number of aryl methyl sites for hydroxylation is 2. The molecule has 0 spiro atoms. The quantitative estimate of drug-likeness (QED) is 0.896. The van der Waals surface area contributed by atoms with Crippen LogP contribution in [0.25, 0.3) is 4.96 Å². The van der Waals surface area contributed by atoms with Gasteiger partial charge in [-0.25, -0.2) is 4.98 Å². The predicted molar refractivity (Wildman–Crippen MR) is 78.3 cm³/mol. The van der Waals surface area contributed by atoms with Crippen LogP contribution in [-0.2, 0) is 6.54 Å². The number of hydrogen-bond acceptors (Lipinski definition) is 3. The highest BCUT2D eigenvalue weighted by Gasteiger charge is 2.13. The third kappa shape index (κ3) is 2.75. The topological polar surface area (TPSA) is 29.3 Å². The molecule has 100 valence electrons. The summed E-state index contributed by atoms with van der Waals surface area (Å²) in [5.41, 5.74) is 3.73. The monoisotopic (exact) mass is 265 g/mol. The van der Waals surface area contributed by atoms with Crippen LogP contribution >= 0.6 is 11.3 Å². The van der Waals surface area contributed by atoms with E-state index in [1.807, 2.05) is 0 Å². The fraction of sp³-hybridized carbons (Fsp3) is 0.643. The third-order valence-corrected chi connectivity index (χ3v) is 4.22. The van der Waals surface area contributed by atoms with E-state index in [1.165, 1.54) is 17.8 Å². The number of nitrogens with one attached hydrogen (secondary N) is 1. The molecular formula is C14H23N3S. The largest absolute Gasteiger partial charge is 0.309 e. The molecule has 0 aliphatic rings. The van der Waals surface area contributed by atoms with Crippen molar-refractivity contribution in [1.82, 2.24) is 14.7 Å². The lowest BCUT2D eigenvalue weighted by molar-refractivity contribution is 0.438. The van der Waals surface area contributed by atoms with Crippen molar-refractivity contribution in [3.8, 4) is 0 Å². The maximum Gasteiger partial charge on any atom is 0.194 e. The molecular weight excluding hydrogens is 242 g/mol. The highest BCUT2D eigenvalue weighted by atomic mass is 32.1. The normalized spacial score (nSPS) is 13.7. The fourth-order valence-corrected chi connectivity index (χ4v) is 3.37. The average molecular weight is 265 g/mol. The fourth-order valence-electron chi connectivity index (χ4n) is 2.44. The molecule has 0 aromatic carbocycles. The summed E-state index contributed by atoms with van der Waals surface area (Å²) in [5.74, 6) is 0.738. The third-order valence-electron chi connectivity index (χ3n) is 3.27. The number of rotatable bonds is 5. The van der Waals surface area contributed by atoms with Gasteiger partial charge in [0.25, 0.3) is 0 Å². The zero-order chi connectivity index (χ0) is 13.3. The summed E-state index contributed by atoms with van der Waals surface area (Å²) in [7, 11) is 0. The second-order valence-corrected chi connectivity index (χ2v) is 6.39. The lowest BCUT2D eigenvalue weighted by Crippen LogP contribution is -2.27. The van der Waals surface area contributed by atoms with Crippen molar-refractivity contribution in [1.29, 1.82) is 0 Å². The van der Waals surface area contributed by atoms with Crippen LogP contribution in [0, 0.1) is 19.8 Å². The van der Waals surface area contributed by atoms with Crippen molar-refractivity contribution in [3.05, 3.63) is 22.5 Å². The molecule has 2 aromatic rings. The number of thiazole rings is 1.